The van der Waals surface area contributed by atoms with E-state index in [4.69, 9.17) is 14.5 Å². The summed E-state index contributed by atoms with van der Waals surface area (Å²) in [6, 6.07) is 16.1. The molecule has 1 saturated heterocycles. The van der Waals surface area contributed by atoms with E-state index in [0.717, 1.165) is 47.0 Å². The molecule has 4 bridgehead atoms. The minimum atomic E-state index is -0.828. The van der Waals surface area contributed by atoms with E-state index in [1.54, 1.807) is 11.0 Å². The van der Waals surface area contributed by atoms with E-state index in [0.29, 0.717) is 18.6 Å². The molecule has 0 unspecified atom stereocenters. The van der Waals surface area contributed by atoms with Crippen molar-refractivity contribution in [3.8, 4) is 17.0 Å². The summed E-state index contributed by atoms with van der Waals surface area (Å²) in [4.78, 5) is 47.2. The van der Waals surface area contributed by atoms with Gasteiger partial charge in [0.05, 0.1) is 17.8 Å². The van der Waals surface area contributed by atoms with E-state index in [2.05, 4.69) is 17.2 Å². The number of carbonyl (C=O) groups is 3. The quantitative estimate of drug-likeness (QED) is 0.336. The molecule has 3 aliphatic rings. The highest BCUT2D eigenvalue weighted by Gasteiger charge is 2.52. The fourth-order valence-corrected chi connectivity index (χ4v) is 6.33. The lowest BCUT2D eigenvalue weighted by molar-refractivity contribution is -0.140. The van der Waals surface area contributed by atoms with Crippen LogP contribution in [0.15, 0.2) is 73.3 Å². The molecule has 9 heteroatoms. The number of hydrogen-bond acceptors (Lipinski definition) is 6. The van der Waals surface area contributed by atoms with Crippen molar-refractivity contribution in [1.29, 1.82) is 0 Å². The van der Waals surface area contributed by atoms with E-state index < -0.39 is 24.3 Å². The largest absolute Gasteiger partial charge is 0.488 e. The number of amides is 3. The predicted octanol–water partition coefficient (Wildman–Crippen LogP) is 5.64. The lowest BCUT2D eigenvalue weighted by Gasteiger charge is -2.29. The molecule has 45 heavy (non-hydrogen) atoms. The molecule has 2 fully saturated rings. The molecular formula is C36H40N4O5. The van der Waals surface area contributed by atoms with Gasteiger partial charge in [0, 0.05) is 34.9 Å². The molecule has 2 N–H and O–H groups in total. The van der Waals surface area contributed by atoms with Crippen molar-refractivity contribution < 1.29 is 23.9 Å². The smallest absolute Gasteiger partial charge is 0.408 e. The third kappa shape index (κ3) is 6.57. The Morgan fingerprint density at radius 1 is 1.20 bits per heavy atom. The molecule has 5 atom stereocenters. The van der Waals surface area contributed by atoms with Crippen molar-refractivity contribution in [3.05, 3.63) is 78.9 Å². The number of cyclic esters (lactones) is 1. The zero-order valence-corrected chi connectivity index (χ0v) is 25.8. The average molecular weight is 609 g/mol. The highest BCUT2D eigenvalue weighted by atomic mass is 16.5. The first-order valence-electron chi connectivity index (χ1n) is 15.8. The number of fused-ring (bicyclic) bond motifs is 3. The number of pyridine rings is 1. The summed E-state index contributed by atoms with van der Waals surface area (Å²) in [5.41, 5.74) is 2.99. The standard InChI is InChI=1S/C36H40N4O5/c1-4-6-14-29-34(42)40-22-26(19-31(40)33(41)39-36(3)21-25(36)5-2)45-32-20-30(24-12-8-7-9-13-24)37-28-16-15-23(18-27(28)32)11-10-17-44-35(43)38-29/h5,7-13,15-16,18,20,25-26,29,31H,2,4,6,14,17,19,21-22H2,1,3H3,(H,38,43)(H,39,41)/b11-10-/t25-,26-,29+,31+,36-/m1/s1. The van der Waals surface area contributed by atoms with Crippen LogP contribution in [0.1, 0.15) is 51.5 Å². The molecule has 234 valence electrons. The molecule has 2 aromatic carbocycles. The number of aromatic nitrogens is 1. The van der Waals surface area contributed by atoms with Gasteiger partial charge in [-0.15, -0.1) is 6.58 Å². The van der Waals surface area contributed by atoms with E-state index in [1.165, 1.54) is 0 Å². The number of hydrogen-bond donors (Lipinski definition) is 2. The second-order valence-electron chi connectivity index (χ2n) is 12.4. The normalized spacial score (nSPS) is 26.9. The molecular weight excluding hydrogens is 568 g/mol. The highest BCUT2D eigenvalue weighted by Crippen LogP contribution is 2.44. The van der Waals surface area contributed by atoms with E-state index in [9.17, 15) is 14.4 Å². The second kappa shape index (κ2) is 12.8. The van der Waals surface area contributed by atoms with Gasteiger partial charge in [-0.3, -0.25) is 9.59 Å². The lowest BCUT2D eigenvalue weighted by atomic mass is 10.1. The van der Waals surface area contributed by atoms with E-state index in [-0.39, 0.29) is 36.4 Å². The van der Waals surface area contributed by atoms with Crippen LogP contribution in [0.5, 0.6) is 5.75 Å². The fourth-order valence-electron chi connectivity index (χ4n) is 6.33. The van der Waals surface area contributed by atoms with Crippen LogP contribution in [0, 0.1) is 5.92 Å². The zero-order valence-electron chi connectivity index (χ0n) is 25.8. The number of carbonyl (C=O) groups excluding carboxylic acids is 3. The second-order valence-corrected chi connectivity index (χ2v) is 12.4. The molecule has 3 aromatic rings. The predicted molar refractivity (Wildman–Crippen MR) is 173 cm³/mol. The monoisotopic (exact) mass is 608 g/mol. The highest BCUT2D eigenvalue weighted by molar-refractivity contribution is 5.93. The number of rotatable bonds is 7. The van der Waals surface area contributed by atoms with Gasteiger partial charge < -0.3 is 25.0 Å². The summed E-state index contributed by atoms with van der Waals surface area (Å²) in [6.07, 6.45) is 7.46. The van der Waals surface area contributed by atoms with Crippen molar-refractivity contribution in [3.63, 3.8) is 0 Å². The van der Waals surface area contributed by atoms with Gasteiger partial charge in [-0.05, 0) is 43.5 Å². The maximum atomic E-state index is 14.1. The van der Waals surface area contributed by atoms with E-state index in [1.807, 2.05) is 80.6 Å². The van der Waals surface area contributed by atoms with Gasteiger partial charge in [0.15, 0.2) is 0 Å². The Bertz CT molecular complexity index is 1640. The van der Waals surface area contributed by atoms with Crippen LogP contribution >= 0.6 is 0 Å². The number of ether oxygens (including phenoxy) is 2. The van der Waals surface area contributed by atoms with Gasteiger partial charge in [-0.1, -0.05) is 68.3 Å². The van der Waals surface area contributed by atoms with Gasteiger partial charge in [0.25, 0.3) is 0 Å². The number of alkyl carbamates (subject to hydrolysis) is 1. The van der Waals surface area contributed by atoms with Crippen molar-refractivity contribution >= 4 is 34.9 Å². The van der Waals surface area contributed by atoms with Crippen LogP contribution in [-0.4, -0.2) is 64.7 Å². The molecule has 9 nitrogen and oxygen atoms in total. The summed E-state index contributed by atoms with van der Waals surface area (Å²) in [7, 11) is 0. The number of benzene rings is 2. The maximum absolute atomic E-state index is 14.1. The topological polar surface area (TPSA) is 110 Å². The van der Waals surface area contributed by atoms with E-state index >= 15 is 0 Å². The first-order valence-corrected chi connectivity index (χ1v) is 15.8. The van der Waals surface area contributed by atoms with Crippen molar-refractivity contribution in [2.24, 2.45) is 5.92 Å². The van der Waals surface area contributed by atoms with Gasteiger partial charge in [0.1, 0.15) is 30.5 Å². The molecule has 1 aliphatic carbocycles. The fraction of sp³-hybridized carbons (Fsp3) is 0.389. The van der Waals surface area contributed by atoms with Crippen LogP contribution in [0.25, 0.3) is 28.2 Å². The minimum absolute atomic E-state index is 0.0347. The summed E-state index contributed by atoms with van der Waals surface area (Å²) >= 11 is 0. The molecule has 1 saturated carbocycles. The Kier molecular flexibility index (Phi) is 8.61. The number of nitrogens with one attached hydrogen (secondary N) is 2. The van der Waals surface area contributed by atoms with Gasteiger partial charge in [-0.25, -0.2) is 9.78 Å². The van der Waals surface area contributed by atoms with Crippen LogP contribution in [0.3, 0.4) is 0 Å². The van der Waals surface area contributed by atoms with Crippen molar-refractivity contribution in [2.45, 2.75) is 69.7 Å². The molecule has 0 spiro atoms. The van der Waals surface area contributed by atoms with Gasteiger partial charge >= 0.3 is 6.09 Å². The average Bonchev–Trinajstić information content (AvgIpc) is 3.50. The molecule has 6 rings (SSSR count). The van der Waals surface area contributed by atoms with Crippen molar-refractivity contribution in [1.82, 2.24) is 20.5 Å². The molecule has 3 amide bonds. The van der Waals surface area contributed by atoms with Crippen LogP contribution in [0.4, 0.5) is 4.79 Å². The summed E-state index contributed by atoms with van der Waals surface area (Å²) in [5, 5.41) is 6.75. The maximum Gasteiger partial charge on any atom is 0.408 e. The van der Waals surface area contributed by atoms with Crippen LogP contribution < -0.4 is 15.4 Å². The Morgan fingerprint density at radius 2 is 2.02 bits per heavy atom. The Labute approximate surface area is 263 Å². The Balaban J connectivity index is 1.39. The first kappa shape index (κ1) is 30.4. The van der Waals surface area contributed by atoms with Crippen molar-refractivity contribution in [2.75, 3.05) is 13.2 Å². The van der Waals surface area contributed by atoms with Gasteiger partial charge in [-0.2, -0.15) is 0 Å². The summed E-state index contributed by atoms with van der Waals surface area (Å²) < 4.78 is 12.1. The Hall–Kier alpha value is -4.66. The molecule has 1 aromatic heterocycles. The van der Waals surface area contributed by atoms with Gasteiger partial charge in [0.2, 0.25) is 11.8 Å². The SMILES string of the molecule is C=C[C@@H]1C[C@@]1(C)NC(=O)[C@@H]1C[C@@H]2CN1C(=O)[C@H](CCCC)NC(=O)OC/C=C\c1ccc3nc(-c4ccccc4)cc(c3c1)O2. The summed E-state index contributed by atoms with van der Waals surface area (Å²) in [5.74, 6) is 0.270. The number of nitrogens with zero attached hydrogens (tertiary/aromatic N) is 2. The minimum Gasteiger partial charge on any atom is -0.488 e. The molecule has 2 aliphatic heterocycles. The number of unbranched alkanes of at least 4 members (excludes halogenated alkanes) is 1. The Morgan fingerprint density at radius 3 is 2.78 bits per heavy atom. The van der Waals surface area contributed by atoms with Crippen LogP contribution in [-0.2, 0) is 14.3 Å². The zero-order chi connectivity index (χ0) is 31.6. The molecule has 3 heterocycles. The first-order chi connectivity index (χ1) is 21.8. The third-order valence-electron chi connectivity index (χ3n) is 9.06. The lowest BCUT2D eigenvalue weighted by Crippen LogP contribution is -2.55. The van der Waals surface area contributed by atoms with Crippen LogP contribution in [0.2, 0.25) is 0 Å². The molecule has 0 radical (unpaired) electrons. The third-order valence-corrected chi connectivity index (χ3v) is 9.06. The summed E-state index contributed by atoms with van der Waals surface area (Å²) in [6.45, 7) is 8.14.